The van der Waals surface area contributed by atoms with Gasteiger partial charge in [0, 0.05) is 12.7 Å². The molecule has 0 unspecified atom stereocenters. The van der Waals surface area contributed by atoms with E-state index in [4.69, 9.17) is 9.47 Å². The van der Waals surface area contributed by atoms with E-state index in [-0.39, 0.29) is 35.1 Å². The van der Waals surface area contributed by atoms with Crippen molar-refractivity contribution in [3.63, 3.8) is 0 Å². The highest BCUT2D eigenvalue weighted by Gasteiger charge is 2.20. The van der Waals surface area contributed by atoms with Crippen LogP contribution < -0.4 is 14.8 Å². The zero-order valence-corrected chi connectivity index (χ0v) is 23.6. The lowest BCUT2D eigenvalue weighted by molar-refractivity contribution is -0.120. The Balaban J connectivity index is 1.25. The number of hydrogen-bond acceptors (Lipinski definition) is 8. The number of benzene rings is 3. The van der Waals surface area contributed by atoms with Crippen molar-refractivity contribution < 1.29 is 32.3 Å². The van der Waals surface area contributed by atoms with E-state index < -0.39 is 21.9 Å². The number of carbonyl (C=O) groups excluding carboxylic acids is 3. The lowest BCUT2D eigenvalue weighted by Crippen LogP contribution is -2.30. The molecule has 3 aromatic carbocycles. The molecule has 42 heavy (non-hydrogen) atoms. The quantitative estimate of drug-likeness (QED) is 0.240. The number of nitrogens with zero attached hydrogens (tertiary/aromatic N) is 1. The van der Waals surface area contributed by atoms with Gasteiger partial charge in [0.15, 0.2) is 0 Å². The highest BCUT2D eigenvalue weighted by Crippen LogP contribution is 2.14. The van der Waals surface area contributed by atoms with Crippen LogP contribution in [0.15, 0.2) is 102 Å². The van der Waals surface area contributed by atoms with Crippen LogP contribution >= 0.6 is 0 Å². The Kier molecular flexibility index (Phi) is 10.0. The van der Waals surface area contributed by atoms with Crippen molar-refractivity contribution in [2.24, 2.45) is 0 Å². The van der Waals surface area contributed by atoms with Crippen molar-refractivity contribution in [1.29, 1.82) is 0 Å². The van der Waals surface area contributed by atoms with Gasteiger partial charge in [-0.3, -0.25) is 9.59 Å². The molecule has 0 aliphatic heterocycles. The predicted octanol–water partition coefficient (Wildman–Crippen LogP) is 3.47. The zero-order valence-electron chi connectivity index (χ0n) is 22.8. The number of rotatable bonds is 12. The van der Waals surface area contributed by atoms with Gasteiger partial charge in [-0.2, -0.15) is 0 Å². The van der Waals surface area contributed by atoms with Crippen molar-refractivity contribution in [3.8, 4) is 5.75 Å². The fraction of sp³-hybridized carbons (Fsp3) is 0.161. The molecule has 0 spiro atoms. The predicted molar refractivity (Wildman–Crippen MR) is 154 cm³/mol. The van der Waals surface area contributed by atoms with Gasteiger partial charge in [0.25, 0.3) is 15.9 Å². The number of nitrogens with one attached hydrogen (secondary N) is 2. The van der Waals surface area contributed by atoms with Crippen molar-refractivity contribution in [1.82, 2.24) is 15.0 Å². The molecule has 0 saturated heterocycles. The summed E-state index contributed by atoms with van der Waals surface area (Å²) >= 11 is 0. The Bertz CT molecular complexity index is 1620. The third-order valence-corrected chi connectivity index (χ3v) is 7.51. The molecule has 0 aliphatic carbocycles. The molecular weight excluding hydrogens is 558 g/mol. The fourth-order valence-electron chi connectivity index (χ4n) is 3.86. The molecule has 216 valence electrons. The molecule has 0 atom stereocenters. The number of methoxy groups -OCH3 is 1. The van der Waals surface area contributed by atoms with Crippen LogP contribution in [-0.4, -0.2) is 44.8 Å². The van der Waals surface area contributed by atoms with E-state index in [1.165, 1.54) is 24.3 Å². The number of hydrogen-bond donors (Lipinski definition) is 2. The minimum absolute atomic E-state index is 0.0205. The second-order valence-electron chi connectivity index (χ2n) is 9.20. The van der Waals surface area contributed by atoms with Crippen LogP contribution in [0.3, 0.4) is 0 Å². The molecule has 0 fully saturated rings. The molecule has 4 rings (SSSR count). The Morgan fingerprint density at radius 3 is 2.14 bits per heavy atom. The summed E-state index contributed by atoms with van der Waals surface area (Å²) in [5, 5.41) is 2.84. The maximum absolute atomic E-state index is 12.7. The summed E-state index contributed by atoms with van der Waals surface area (Å²) < 4.78 is 37.8. The van der Waals surface area contributed by atoms with Gasteiger partial charge in [-0.25, -0.2) is 22.9 Å². The fourth-order valence-corrected chi connectivity index (χ4v) is 4.83. The maximum atomic E-state index is 12.7. The minimum atomic E-state index is -4.16. The average Bonchev–Trinajstić information content (AvgIpc) is 3.00. The van der Waals surface area contributed by atoms with Gasteiger partial charge in [0.05, 0.1) is 24.0 Å². The van der Waals surface area contributed by atoms with Gasteiger partial charge < -0.3 is 14.8 Å². The SMILES string of the molecule is COc1ccc(COC(=O)c2ccc(C(=O)NS(=O)(=O)c3ccc(CCNC(=O)Cc4ccccc4)cc3)cn2)cc1. The molecule has 0 radical (unpaired) electrons. The van der Waals surface area contributed by atoms with Crippen LogP contribution in [0.2, 0.25) is 0 Å². The maximum Gasteiger partial charge on any atom is 0.357 e. The monoisotopic (exact) mass is 587 g/mol. The molecule has 4 aromatic rings. The van der Waals surface area contributed by atoms with Crippen molar-refractivity contribution in [2.75, 3.05) is 13.7 Å². The largest absolute Gasteiger partial charge is 0.497 e. The van der Waals surface area contributed by atoms with Crippen LogP contribution in [-0.2, 0) is 39.0 Å². The second kappa shape index (κ2) is 14.0. The molecule has 2 amide bonds. The summed E-state index contributed by atoms with van der Waals surface area (Å²) in [6, 6.07) is 25.0. The number of pyridine rings is 1. The van der Waals surface area contributed by atoms with Crippen molar-refractivity contribution in [2.45, 2.75) is 24.3 Å². The number of ether oxygens (including phenoxy) is 2. The number of carbonyl (C=O) groups is 3. The van der Waals surface area contributed by atoms with Gasteiger partial charge in [0.2, 0.25) is 5.91 Å². The van der Waals surface area contributed by atoms with Gasteiger partial charge in [-0.1, -0.05) is 54.6 Å². The first-order chi connectivity index (χ1) is 20.2. The Morgan fingerprint density at radius 1 is 0.810 bits per heavy atom. The summed E-state index contributed by atoms with van der Waals surface area (Å²) in [5.74, 6) is -1.01. The van der Waals surface area contributed by atoms with E-state index in [1.807, 2.05) is 35.1 Å². The first-order valence-electron chi connectivity index (χ1n) is 13.0. The summed E-state index contributed by atoms with van der Waals surface area (Å²) in [7, 11) is -2.61. The highest BCUT2D eigenvalue weighted by molar-refractivity contribution is 7.90. The van der Waals surface area contributed by atoms with Crippen LogP contribution in [0, 0.1) is 0 Å². The topological polar surface area (TPSA) is 141 Å². The molecule has 0 saturated carbocycles. The van der Waals surface area contributed by atoms with E-state index in [0.717, 1.165) is 22.9 Å². The van der Waals surface area contributed by atoms with Crippen molar-refractivity contribution >= 4 is 27.8 Å². The third-order valence-electron chi connectivity index (χ3n) is 6.17. The average molecular weight is 588 g/mol. The second-order valence-corrected chi connectivity index (χ2v) is 10.9. The standard InChI is InChI=1S/C31H29N3O7S/c1-40-26-12-7-24(8-13-26)21-41-31(37)28-16-11-25(20-33-28)30(36)34-42(38,39)27-14-9-22(10-15-27)17-18-32-29(35)19-23-5-3-2-4-6-23/h2-16,20H,17-19,21H2,1H3,(H,32,35)(H,34,36). The number of aromatic nitrogens is 1. The van der Waals surface area contributed by atoms with Crippen LogP contribution in [0.25, 0.3) is 0 Å². The smallest absolute Gasteiger partial charge is 0.357 e. The first kappa shape index (κ1) is 29.9. The summed E-state index contributed by atoms with van der Waals surface area (Å²) in [5.41, 5.74) is 2.41. The van der Waals surface area contributed by atoms with Crippen LogP contribution in [0.5, 0.6) is 5.75 Å². The van der Waals surface area contributed by atoms with Crippen LogP contribution in [0.1, 0.15) is 37.5 Å². The van der Waals surface area contributed by atoms with Gasteiger partial charge in [-0.15, -0.1) is 0 Å². The lowest BCUT2D eigenvalue weighted by atomic mass is 10.1. The Hall–Kier alpha value is -5.03. The number of amides is 2. The summed E-state index contributed by atoms with van der Waals surface area (Å²) in [6.07, 6.45) is 1.89. The summed E-state index contributed by atoms with van der Waals surface area (Å²) in [4.78, 5) is 40.8. The summed E-state index contributed by atoms with van der Waals surface area (Å²) in [6.45, 7) is 0.416. The Morgan fingerprint density at radius 2 is 1.50 bits per heavy atom. The molecule has 2 N–H and O–H groups in total. The van der Waals surface area contributed by atoms with Crippen molar-refractivity contribution in [3.05, 3.63) is 125 Å². The molecular formula is C31H29N3O7S. The van der Waals surface area contributed by atoms with Gasteiger partial charge in [0.1, 0.15) is 18.1 Å². The van der Waals surface area contributed by atoms with Crippen LogP contribution in [0.4, 0.5) is 0 Å². The van der Waals surface area contributed by atoms with Gasteiger partial charge in [-0.05, 0) is 59.5 Å². The normalized spacial score (nSPS) is 10.9. The number of esters is 1. The van der Waals surface area contributed by atoms with E-state index in [9.17, 15) is 22.8 Å². The highest BCUT2D eigenvalue weighted by atomic mass is 32.2. The zero-order chi connectivity index (χ0) is 30.0. The van der Waals surface area contributed by atoms with E-state index in [1.54, 1.807) is 43.5 Å². The molecule has 0 aliphatic rings. The molecule has 10 nitrogen and oxygen atoms in total. The Labute approximate surface area is 243 Å². The molecule has 11 heteroatoms. The minimum Gasteiger partial charge on any atom is -0.497 e. The molecule has 1 heterocycles. The van der Waals surface area contributed by atoms with E-state index >= 15 is 0 Å². The first-order valence-corrected chi connectivity index (χ1v) is 14.4. The molecule has 0 bridgehead atoms. The third kappa shape index (κ3) is 8.48. The number of sulfonamides is 1. The molecule has 1 aromatic heterocycles. The lowest BCUT2D eigenvalue weighted by Gasteiger charge is -2.09. The van der Waals surface area contributed by atoms with E-state index in [2.05, 4.69) is 10.3 Å². The van der Waals surface area contributed by atoms with Gasteiger partial charge >= 0.3 is 5.97 Å². The van der Waals surface area contributed by atoms with E-state index in [0.29, 0.717) is 18.7 Å².